The van der Waals surface area contributed by atoms with E-state index in [0.29, 0.717) is 24.0 Å². The molecule has 1 heterocycles. The Balaban J connectivity index is 1.56. The second-order valence-electron chi connectivity index (χ2n) is 7.31. The largest absolute Gasteiger partial charge is 0.359 e. The molecule has 26 heavy (non-hydrogen) atoms. The maximum Gasteiger partial charge on any atom is 0.344 e. The fraction of sp³-hybridized carbons (Fsp3) is 0.526. The van der Waals surface area contributed by atoms with Gasteiger partial charge in [0.2, 0.25) is 0 Å². The van der Waals surface area contributed by atoms with Gasteiger partial charge in [-0.15, -0.1) is 0 Å². The van der Waals surface area contributed by atoms with Crippen LogP contribution >= 0.6 is 12.2 Å². The quantitative estimate of drug-likeness (QED) is 0.546. The summed E-state index contributed by atoms with van der Waals surface area (Å²) in [7, 11) is 0. The summed E-state index contributed by atoms with van der Waals surface area (Å²) in [4.78, 5) is 25.1. The van der Waals surface area contributed by atoms with Crippen molar-refractivity contribution in [3.05, 3.63) is 35.9 Å². The predicted octanol–water partition coefficient (Wildman–Crippen LogP) is 2.64. The third kappa shape index (κ3) is 4.33. The molecule has 2 aliphatic rings. The number of nitrogens with zero attached hydrogens (tertiary/aromatic N) is 1. The first-order chi connectivity index (χ1) is 12.5. The average molecular weight is 375 g/mol. The van der Waals surface area contributed by atoms with E-state index in [4.69, 9.17) is 12.2 Å². The number of aryl methyl sites for hydroxylation is 1. The summed E-state index contributed by atoms with van der Waals surface area (Å²) >= 11 is 5.30. The van der Waals surface area contributed by atoms with E-state index in [1.54, 1.807) is 6.92 Å². The number of amides is 3. The monoisotopic (exact) mass is 374 g/mol. The van der Waals surface area contributed by atoms with E-state index in [1.165, 1.54) is 19.3 Å². The number of nitrogens with one attached hydrogen (secondary N) is 3. The second kappa shape index (κ2) is 8.03. The molecule has 3 amide bonds. The molecule has 0 unspecified atom stereocenters. The van der Waals surface area contributed by atoms with Crippen molar-refractivity contribution in [2.75, 3.05) is 0 Å². The van der Waals surface area contributed by atoms with Gasteiger partial charge in [-0.3, -0.25) is 10.2 Å². The van der Waals surface area contributed by atoms with E-state index >= 15 is 0 Å². The molecule has 1 atom stereocenters. The van der Waals surface area contributed by atoms with Crippen molar-refractivity contribution in [1.29, 1.82) is 0 Å². The topological polar surface area (TPSA) is 73.5 Å². The number of hydrogen-bond acceptors (Lipinski definition) is 3. The molecule has 1 saturated carbocycles. The number of hydrogen-bond donors (Lipinski definition) is 3. The van der Waals surface area contributed by atoms with Crippen LogP contribution in [0, 0.1) is 0 Å². The van der Waals surface area contributed by atoms with Crippen LogP contribution in [0.15, 0.2) is 30.3 Å². The summed E-state index contributed by atoms with van der Waals surface area (Å²) < 4.78 is 0. The van der Waals surface area contributed by atoms with Crippen molar-refractivity contribution >= 4 is 29.3 Å². The zero-order chi connectivity index (χ0) is 18.6. The molecule has 0 spiro atoms. The molecule has 0 bridgehead atoms. The molecule has 1 aliphatic carbocycles. The lowest BCUT2D eigenvalue weighted by molar-refractivity contribution is -0.132. The van der Waals surface area contributed by atoms with Crippen molar-refractivity contribution in [3.8, 4) is 0 Å². The zero-order valence-electron chi connectivity index (χ0n) is 15.1. The van der Waals surface area contributed by atoms with E-state index in [0.717, 1.165) is 23.4 Å². The molecule has 0 radical (unpaired) electrons. The van der Waals surface area contributed by atoms with Crippen molar-refractivity contribution in [2.24, 2.45) is 0 Å². The Kier molecular flexibility index (Phi) is 5.76. The summed E-state index contributed by atoms with van der Waals surface area (Å²) in [6.07, 6.45) is 6.99. The Morgan fingerprint density at radius 3 is 2.62 bits per heavy atom. The van der Waals surface area contributed by atoms with E-state index in [2.05, 4.69) is 16.1 Å². The summed E-state index contributed by atoms with van der Waals surface area (Å²) in [5, 5.41) is 7.35. The van der Waals surface area contributed by atoms with Crippen LogP contribution in [-0.2, 0) is 11.2 Å². The molecule has 1 aliphatic heterocycles. The normalized spacial score (nSPS) is 23.7. The SMILES string of the molecule is C[C@]1(CCc2ccccc2)NC(=O)N(NC(=S)NC2CCCCC2)C1=O. The third-order valence-electron chi connectivity index (χ3n) is 5.17. The Labute approximate surface area is 159 Å². The molecule has 6 nitrogen and oxygen atoms in total. The number of imide groups is 1. The third-order valence-corrected chi connectivity index (χ3v) is 5.38. The van der Waals surface area contributed by atoms with Crippen molar-refractivity contribution < 1.29 is 9.59 Å². The first kappa shape index (κ1) is 18.6. The standard InChI is InChI=1S/C19H26N4O2S/c1-19(13-12-14-8-4-2-5-9-14)16(24)23(18(25)21-19)22-17(26)20-15-10-6-3-7-11-15/h2,4-5,8-9,15H,3,6-7,10-13H2,1H3,(H,21,25)(H2,20,22,26)/t19-/m1/s1. The lowest BCUT2D eigenvalue weighted by Crippen LogP contribution is -2.53. The Morgan fingerprint density at radius 2 is 1.92 bits per heavy atom. The van der Waals surface area contributed by atoms with E-state index in [9.17, 15) is 9.59 Å². The van der Waals surface area contributed by atoms with Crippen LogP contribution in [0.2, 0.25) is 0 Å². The molecular weight excluding hydrogens is 348 g/mol. The number of benzene rings is 1. The average Bonchev–Trinajstić information content (AvgIpc) is 2.85. The number of hydrazine groups is 1. The summed E-state index contributed by atoms with van der Waals surface area (Å²) in [5.41, 5.74) is 2.98. The molecule has 3 rings (SSSR count). The fourth-order valence-electron chi connectivity index (χ4n) is 3.56. The molecule has 140 valence electrons. The minimum Gasteiger partial charge on any atom is -0.359 e. The first-order valence-corrected chi connectivity index (χ1v) is 9.66. The van der Waals surface area contributed by atoms with Gasteiger partial charge in [-0.2, -0.15) is 5.01 Å². The van der Waals surface area contributed by atoms with Crippen molar-refractivity contribution in [3.63, 3.8) is 0 Å². The van der Waals surface area contributed by atoms with Crippen LogP contribution in [0.5, 0.6) is 0 Å². The molecule has 2 fully saturated rings. The maximum atomic E-state index is 12.8. The summed E-state index contributed by atoms with van der Waals surface area (Å²) in [6, 6.07) is 9.78. The lowest BCUT2D eigenvalue weighted by atomic mass is 9.93. The molecule has 3 N–H and O–H groups in total. The maximum absolute atomic E-state index is 12.8. The fourth-order valence-corrected chi connectivity index (χ4v) is 3.82. The minimum absolute atomic E-state index is 0.300. The van der Waals surface area contributed by atoms with Gasteiger partial charge in [0.15, 0.2) is 5.11 Å². The second-order valence-corrected chi connectivity index (χ2v) is 7.72. The number of urea groups is 1. The van der Waals surface area contributed by atoms with Crippen LogP contribution in [0.4, 0.5) is 4.79 Å². The van der Waals surface area contributed by atoms with Gasteiger partial charge in [0.1, 0.15) is 5.54 Å². The van der Waals surface area contributed by atoms with Gasteiger partial charge in [-0.1, -0.05) is 49.6 Å². The number of carbonyl (C=O) groups is 2. The predicted molar refractivity (Wildman–Crippen MR) is 104 cm³/mol. The Hall–Kier alpha value is -2.15. The summed E-state index contributed by atoms with van der Waals surface area (Å²) in [5.74, 6) is -0.300. The highest BCUT2D eigenvalue weighted by atomic mass is 32.1. The minimum atomic E-state index is -0.930. The van der Waals surface area contributed by atoms with E-state index in [1.807, 2.05) is 30.3 Å². The van der Waals surface area contributed by atoms with E-state index in [-0.39, 0.29) is 5.91 Å². The van der Waals surface area contributed by atoms with Crippen LogP contribution < -0.4 is 16.1 Å². The number of rotatable bonds is 5. The molecule has 7 heteroatoms. The van der Waals surface area contributed by atoms with Crippen molar-refractivity contribution in [1.82, 2.24) is 21.1 Å². The van der Waals surface area contributed by atoms with Gasteiger partial charge in [0, 0.05) is 6.04 Å². The van der Waals surface area contributed by atoms with Gasteiger partial charge in [0.25, 0.3) is 5.91 Å². The van der Waals surface area contributed by atoms with Gasteiger partial charge in [-0.05, 0) is 50.4 Å². The highest BCUT2D eigenvalue weighted by molar-refractivity contribution is 7.80. The highest BCUT2D eigenvalue weighted by Crippen LogP contribution is 2.22. The van der Waals surface area contributed by atoms with Gasteiger partial charge in [-0.25, -0.2) is 4.79 Å². The summed E-state index contributed by atoms with van der Waals surface area (Å²) in [6.45, 7) is 1.76. The van der Waals surface area contributed by atoms with Crippen molar-refractivity contribution in [2.45, 2.75) is 63.5 Å². The molecule has 0 aromatic heterocycles. The van der Waals surface area contributed by atoms with Crippen LogP contribution in [0.1, 0.15) is 51.0 Å². The van der Waals surface area contributed by atoms with Gasteiger partial charge >= 0.3 is 6.03 Å². The Morgan fingerprint density at radius 1 is 1.23 bits per heavy atom. The molecular formula is C19H26N4O2S. The molecule has 1 saturated heterocycles. The van der Waals surface area contributed by atoms with Gasteiger partial charge in [0.05, 0.1) is 0 Å². The highest BCUT2D eigenvalue weighted by Gasteiger charge is 2.48. The van der Waals surface area contributed by atoms with E-state index < -0.39 is 11.6 Å². The number of carbonyl (C=O) groups excluding carboxylic acids is 2. The Bertz CT molecular complexity index is 675. The number of thiocarbonyl (C=S) groups is 1. The zero-order valence-corrected chi connectivity index (χ0v) is 15.9. The smallest absolute Gasteiger partial charge is 0.344 e. The van der Waals surface area contributed by atoms with Crippen LogP contribution in [-0.4, -0.2) is 33.6 Å². The van der Waals surface area contributed by atoms with Gasteiger partial charge < -0.3 is 10.6 Å². The first-order valence-electron chi connectivity index (χ1n) is 9.26. The van der Waals surface area contributed by atoms with Crippen LogP contribution in [0.3, 0.4) is 0 Å². The van der Waals surface area contributed by atoms with Crippen LogP contribution in [0.25, 0.3) is 0 Å². The molecule has 1 aromatic rings. The lowest BCUT2D eigenvalue weighted by Gasteiger charge is -2.26. The molecule has 1 aromatic carbocycles.